The number of likely N-dealkylation sites (tertiary alicyclic amines) is 1. The van der Waals surface area contributed by atoms with E-state index >= 15 is 0 Å². The maximum atomic E-state index is 12.5. The molecule has 1 aromatic heterocycles. The van der Waals surface area contributed by atoms with Gasteiger partial charge in [0.2, 0.25) is 11.8 Å². The molecule has 0 aliphatic carbocycles. The van der Waals surface area contributed by atoms with E-state index in [1.165, 1.54) is 0 Å². The van der Waals surface area contributed by atoms with Crippen molar-refractivity contribution in [2.45, 2.75) is 30.7 Å². The van der Waals surface area contributed by atoms with Gasteiger partial charge in [0.1, 0.15) is 0 Å². The summed E-state index contributed by atoms with van der Waals surface area (Å²) in [6.07, 6.45) is 4.38. The largest absolute Gasteiger partial charge is 0.350 e. The number of carbonyl (C=O) groups is 2. The molecule has 1 aromatic carbocycles. The number of rotatable bonds is 4. The van der Waals surface area contributed by atoms with E-state index in [0.717, 1.165) is 37.9 Å². The van der Waals surface area contributed by atoms with Gasteiger partial charge in [0.15, 0.2) is 5.82 Å². The molecule has 2 aliphatic rings. The van der Waals surface area contributed by atoms with Crippen LogP contribution in [0.3, 0.4) is 0 Å². The number of carbonyl (C=O) groups excluding carboxylic acids is 2. The highest BCUT2D eigenvalue weighted by atomic mass is 16.2. The summed E-state index contributed by atoms with van der Waals surface area (Å²) in [5.41, 5.74) is 0.954. The van der Waals surface area contributed by atoms with Gasteiger partial charge in [-0.1, -0.05) is 30.3 Å². The number of aromatic nitrogens is 2. The second-order valence-corrected chi connectivity index (χ2v) is 7.64. The number of anilines is 1. The van der Waals surface area contributed by atoms with Crippen LogP contribution < -0.4 is 10.6 Å². The molecule has 2 aliphatic heterocycles. The molecule has 2 N–H and O–H groups in total. The Morgan fingerprint density at radius 1 is 1.26 bits per heavy atom. The molecule has 7 heteroatoms. The van der Waals surface area contributed by atoms with Crippen molar-refractivity contribution >= 4 is 17.6 Å². The van der Waals surface area contributed by atoms with Crippen LogP contribution in [0.1, 0.15) is 30.7 Å². The van der Waals surface area contributed by atoms with Gasteiger partial charge < -0.3 is 10.6 Å². The van der Waals surface area contributed by atoms with E-state index in [9.17, 15) is 9.59 Å². The molecule has 27 heavy (non-hydrogen) atoms. The third kappa shape index (κ3) is 3.88. The summed E-state index contributed by atoms with van der Waals surface area (Å²) in [7, 11) is 1.82. The average molecular weight is 367 g/mol. The Labute approximate surface area is 158 Å². The lowest BCUT2D eigenvalue weighted by atomic mass is 9.82. The van der Waals surface area contributed by atoms with Gasteiger partial charge in [-0.15, -0.1) is 0 Å². The summed E-state index contributed by atoms with van der Waals surface area (Å²) in [5.74, 6) is 0.583. The fourth-order valence-electron chi connectivity index (χ4n) is 4.17. The summed E-state index contributed by atoms with van der Waals surface area (Å²) in [5, 5.41) is 10.2. The first-order chi connectivity index (χ1) is 13.0. The number of nitrogens with one attached hydrogen (secondary N) is 2. The zero-order valence-corrected chi connectivity index (χ0v) is 15.5. The third-order valence-electron chi connectivity index (χ3n) is 5.66. The van der Waals surface area contributed by atoms with E-state index in [1.54, 1.807) is 16.9 Å². The van der Waals surface area contributed by atoms with Crippen LogP contribution in [0.4, 0.5) is 5.82 Å². The van der Waals surface area contributed by atoms with Crippen LogP contribution in [0.5, 0.6) is 0 Å². The Morgan fingerprint density at radius 3 is 2.67 bits per heavy atom. The molecule has 3 heterocycles. The zero-order chi connectivity index (χ0) is 18.9. The normalized spacial score (nSPS) is 22.0. The smallest absolute Gasteiger partial charge is 0.239 e. The van der Waals surface area contributed by atoms with Gasteiger partial charge in [0.05, 0.1) is 12.5 Å². The summed E-state index contributed by atoms with van der Waals surface area (Å²) in [4.78, 5) is 26.9. The van der Waals surface area contributed by atoms with Crippen LogP contribution in [0, 0.1) is 0 Å². The highest BCUT2D eigenvalue weighted by molar-refractivity contribution is 5.91. The molecular weight excluding hydrogens is 342 g/mol. The van der Waals surface area contributed by atoms with Crippen LogP contribution in [0.2, 0.25) is 0 Å². The van der Waals surface area contributed by atoms with Crippen molar-refractivity contribution in [3.05, 3.63) is 48.2 Å². The van der Waals surface area contributed by atoms with Crippen LogP contribution in [-0.4, -0.2) is 51.7 Å². The monoisotopic (exact) mass is 367 g/mol. The van der Waals surface area contributed by atoms with Crippen LogP contribution in [0.25, 0.3) is 0 Å². The molecule has 7 nitrogen and oxygen atoms in total. The number of nitrogens with zero attached hydrogens (tertiary/aromatic N) is 3. The molecular formula is C20H25N5O2. The molecule has 4 rings (SSSR count). The number of hydrogen-bond acceptors (Lipinski definition) is 4. The van der Waals surface area contributed by atoms with Crippen molar-refractivity contribution in [1.29, 1.82) is 0 Å². The summed E-state index contributed by atoms with van der Waals surface area (Å²) in [6, 6.07) is 11.8. The highest BCUT2D eigenvalue weighted by Crippen LogP contribution is 2.39. The topological polar surface area (TPSA) is 79.3 Å². The van der Waals surface area contributed by atoms with Crippen LogP contribution in [0.15, 0.2) is 42.6 Å². The molecule has 0 radical (unpaired) electrons. The lowest BCUT2D eigenvalue weighted by Crippen LogP contribution is -2.52. The Morgan fingerprint density at radius 2 is 2.00 bits per heavy atom. The summed E-state index contributed by atoms with van der Waals surface area (Å²) < 4.78 is 1.66. The molecule has 1 unspecified atom stereocenters. The lowest BCUT2D eigenvalue weighted by Gasteiger charge is -2.39. The number of aryl methyl sites for hydroxylation is 1. The minimum atomic E-state index is -0.133. The van der Waals surface area contributed by atoms with Gasteiger partial charge in [-0.05, 0) is 24.8 Å². The summed E-state index contributed by atoms with van der Waals surface area (Å²) >= 11 is 0. The molecule has 142 valence electrons. The first-order valence-corrected chi connectivity index (χ1v) is 9.42. The molecule has 1 spiro atoms. The molecule has 0 bridgehead atoms. The van der Waals surface area contributed by atoms with Crippen LogP contribution >= 0.6 is 0 Å². The fourth-order valence-corrected chi connectivity index (χ4v) is 4.17. The Balaban J connectivity index is 1.31. The molecule has 1 atom stereocenters. The van der Waals surface area contributed by atoms with Crippen molar-refractivity contribution in [3.8, 4) is 0 Å². The van der Waals surface area contributed by atoms with Gasteiger partial charge in [-0.3, -0.25) is 19.2 Å². The molecule has 2 aromatic rings. The fraction of sp³-hybridized carbons (Fsp3) is 0.450. The Bertz CT molecular complexity index is 824. The Kier molecular flexibility index (Phi) is 4.70. The van der Waals surface area contributed by atoms with E-state index < -0.39 is 0 Å². The minimum absolute atomic E-state index is 0.0535. The maximum absolute atomic E-state index is 12.5. The molecule has 2 fully saturated rings. The number of piperidine rings is 1. The minimum Gasteiger partial charge on any atom is -0.350 e. The lowest BCUT2D eigenvalue weighted by molar-refractivity contribution is -0.121. The van der Waals surface area contributed by atoms with Crippen molar-refractivity contribution in [3.63, 3.8) is 0 Å². The van der Waals surface area contributed by atoms with Gasteiger partial charge in [-0.2, -0.15) is 5.10 Å². The maximum Gasteiger partial charge on any atom is 0.239 e. The molecule has 0 saturated carbocycles. The van der Waals surface area contributed by atoms with Crippen molar-refractivity contribution in [2.75, 3.05) is 25.0 Å². The van der Waals surface area contributed by atoms with Gasteiger partial charge >= 0.3 is 0 Å². The predicted octanol–water partition coefficient (Wildman–Crippen LogP) is 1.50. The average Bonchev–Trinajstić information content (AvgIpc) is 3.21. The van der Waals surface area contributed by atoms with Crippen molar-refractivity contribution in [2.24, 2.45) is 7.05 Å². The zero-order valence-electron chi connectivity index (χ0n) is 15.5. The van der Waals surface area contributed by atoms with Crippen molar-refractivity contribution in [1.82, 2.24) is 20.0 Å². The second kappa shape index (κ2) is 7.15. The SMILES string of the molecule is Cn1ccc(NC(=O)CN2CCC3(CC2)CC(c2ccccc2)C(=O)N3)n1. The van der Waals surface area contributed by atoms with Crippen LogP contribution in [-0.2, 0) is 16.6 Å². The van der Waals surface area contributed by atoms with E-state index in [-0.39, 0.29) is 23.3 Å². The van der Waals surface area contributed by atoms with E-state index in [0.29, 0.717) is 12.4 Å². The predicted molar refractivity (Wildman–Crippen MR) is 102 cm³/mol. The summed E-state index contributed by atoms with van der Waals surface area (Å²) in [6.45, 7) is 1.96. The Hall–Kier alpha value is -2.67. The van der Waals surface area contributed by atoms with Gasteiger partial charge in [-0.25, -0.2) is 0 Å². The van der Waals surface area contributed by atoms with Gasteiger partial charge in [0, 0.05) is 37.9 Å². The number of amides is 2. The van der Waals surface area contributed by atoms with E-state index in [2.05, 4.69) is 20.6 Å². The van der Waals surface area contributed by atoms with E-state index in [4.69, 9.17) is 0 Å². The van der Waals surface area contributed by atoms with Gasteiger partial charge in [0.25, 0.3) is 0 Å². The number of benzene rings is 1. The molecule has 2 amide bonds. The highest BCUT2D eigenvalue weighted by Gasteiger charge is 2.46. The first-order valence-electron chi connectivity index (χ1n) is 9.42. The molecule has 2 saturated heterocycles. The van der Waals surface area contributed by atoms with E-state index in [1.807, 2.05) is 37.4 Å². The first kappa shape index (κ1) is 17.7. The standard InChI is InChI=1S/C20H25N5O2/c1-24-10-7-17(23-24)21-18(26)14-25-11-8-20(9-12-25)13-16(19(27)22-20)15-5-3-2-4-6-15/h2-7,10,16H,8-9,11-14H2,1H3,(H,22,27)(H,21,23,26). The van der Waals surface area contributed by atoms with Crippen molar-refractivity contribution < 1.29 is 9.59 Å². The quantitative estimate of drug-likeness (QED) is 0.858. The number of hydrogen-bond donors (Lipinski definition) is 2. The third-order valence-corrected chi connectivity index (χ3v) is 5.66. The second-order valence-electron chi connectivity index (χ2n) is 7.64.